The fourth-order valence-electron chi connectivity index (χ4n) is 3.82. The molecule has 0 spiro atoms. The first-order chi connectivity index (χ1) is 16.9. The number of nitrogens with zero attached hydrogens (tertiary/aromatic N) is 2. The summed E-state index contributed by atoms with van der Waals surface area (Å²) in [5, 5.41) is 3.72. The van der Waals surface area contributed by atoms with Crippen LogP contribution in [0.2, 0.25) is 0 Å². The predicted molar refractivity (Wildman–Crippen MR) is 139 cm³/mol. The summed E-state index contributed by atoms with van der Waals surface area (Å²) in [6, 6.07) is 19.7. The van der Waals surface area contributed by atoms with E-state index in [2.05, 4.69) is 10.3 Å². The smallest absolute Gasteiger partial charge is 0.337 e. The van der Waals surface area contributed by atoms with Crippen molar-refractivity contribution in [3.05, 3.63) is 93.8 Å². The maximum absolute atomic E-state index is 13.5. The average molecular weight is 488 g/mol. The Morgan fingerprint density at radius 2 is 1.83 bits per heavy atom. The van der Waals surface area contributed by atoms with Gasteiger partial charge < -0.3 is 10.1 Å². The SMILES string of the molecule is CCc1cccc(C)c1NC(=O)CSc1nc2cc(C(=O)OC)ccc2c(=O)n1-c1ccccc1. The van der Waals surface area contributed by atoms with E-state index in [1.165, 1.54) is 17.7 Å². The summed E-state index contributed by atoms with van der Waals surface area (Å²) in [4.78, 5) is 43.0. The van der Waals surface area contributed by atoms with Crippen molar-refractivity contribution in [3.8, 4) is 5.69 Å². The largest absolute Gasteiger partial charge is 0.465 e. The molecule has 4 rings (SSSR count). The normalized spacial score (nSPS) is 10.8. The third-order valence-corrected chi connectivity index (χ3v) is 6.55. The molecular formula is C27H25N3O4S. The van der Waals surface area contributed by atoms with Crippen LogP contribution in [-0.2, 0) is 16.0 Å². The van der Waals surface area contributed by atoms with Crippen molar-refractivity contribution in [3.63, 3.8) is 0 Å². The monoisotopic (exact) mass is 487 g/mol. The average Bonchev–Trinajstić information content (AvgIpc) is 2.88. The minimum absolute atomic E-state index is 0.0545. The van der Waals surface area contributed by atoms with E-state index in [9.17, 15) is 14.4 Å². The van der Waals surface area contributed by atoms with Gasteiger partial charge in [-0.3, -0.25) is 14.2 Å². The number of nitrogens with one attached hydrogen (secondary N) is 1. The first-order valence-electron chi connectivity index (χ1n) is 11.1. The van der Waals surface area contributed by atoms with Crippen molar-refractivity contribution in [2.24, 2.45) is 0 Å². The van der Waals surface area contributed by atoms with Crippen molar-refractivity contribution in [2.75, 3.05) is 18.2 Å². The number of carbonyl (C=O) groups excluding carboxylic acids is 2. The maximum Gasteiger partial charge on any atom is 0.337 e. The Hall–Kier alpha value is -3.91. The van der Waals surface area contributed by atoms with E-state index in [0.29, 0.717) is 27.3 Å². The lowest BCUT2D eigenvalue weighted by Crippen LogP contribution is -2.23. The number of fused-ring (bicyclic) bond motifs is 1. The van der Waals surface area contributed by atoms with Crippen LogP contribution in [0.4, 0.5) is 5.69 Å². The number of para-hydroxylation sites is 2. The molecule has 1 heterocycles. The van der Waals surface area contributed by atoms with Crippen molar-refractivity contribution in [1.82, 2.24) is 9.55 Å². The zero-order valence-corrected chi connectivity index (χ0v) is 20.5. The lowest BCUT2D eigenvalue weighted by molar-refractivity contribution is -0.113. The number of hydrogen-bond acceptors (Lipinski definition) is 6. The van der Waals surface area contributed by atoms with Crippen LogP contribution in [0.5, 0.6) is 0 Å². The summed E-state index contributed by atoms with van der Waals surface area (Å²) >= 11 is 1.16. The molecule has 4 aromatic rings. The second-order valence-electron chi connectivity index (χ2n) is 7.89. The number of rotatable bonds is 7. The van der Waals surface area contributed by atoms with Crippen LogP contribution in [0.25, 0.3) is 16.6 Å². The van der Waals surface area contributed by atoms with E-state index in [1.807, 2.05) is 62.4 Å². The summed E-state index contributed by atoms with van der Waals surface area (Å²) < 4.78 is 6.28. The Bertz CT molecular complexity index is 1470. The molecule has 7 nitrogen and oxygen atoms in total. The van der Waals surface area contributed by atoms with Gasteiger partial charge in [0.05, 0.1) is 35.0 Å². The lowest BCUT2D eigenvalue weighted by Gasteiger charge is -2.15. The molecule has 35 heavy (non-hydrogen) atoms. The van der Waals surface area contributed by atoms with Gasteiger partial charge in [0.2, 0.25) is 5.91 Å². The van der Waals surface area contributed by atoms with Gasteiger partial charge in [-0.1, -0.05) is 55.1 Å². The third-order valence-electron chi connectivity index (χ3n) is 5.61. The number of amides is 1. The molecule has 0 radical (unpaired) electrons. The first kappa shape index (κ1) is 24.2. The fourth-order valence-corrected chi connectivity index (χ4v) is 4.63. The number of methoxy groups -OCH3 is 1. The number of anilines is 1. The maximum atomic E-state index is 13.5. The van der Waals surface area contributed by atoms with Crippen LogP contribution in [0.3, 0.4) is 0 Å². The second-order valence-corrected chi connectivity index (χ2v) is 8.84. The van der Waals surface area contributed by atoms with Gasteiger partial charge in [-0.05, 0) is 54.8 Å². The van der Waals surface area contributed by atoms with E-state index < -0.39 is 5.97 Å². The molecule has 0 saturated heterocycles. The molecule has 1 aromatic heterocycles. The molecule has 0 aliphatic carbocycles. The van der Waals surface area contributed by atoms with Crippen molar-refractivity contribution in [1.29, 1.82) is 0 Å². The van der Waals surface area contributed by atoms with E-state index in [1.54, 1.807) is 12.1 Å². The van der Waals surface area contributed by atoms with E-state index in [0.717, 1.165) is 35.0 Å². The Morgan fingerprint density at radius 3 is 2.54 bits per heavy atom. The van der Waals surface area contributed by atoms with Gasteiger partial charge >= 0.3 is 5.97 Å². The molecule has 0 aliphatic heterocycles. The molecule has 0 aliphatic rings. The van der Waals surface area contributed by atoms with Crippen molar-refractivity contribution in [2.45, 2.75) is 25.4 Å². The first-order valence-corrected chi connectivity index (χ1v) is 12.1. The van der Waals surface area contributed by atoms with Gasteiger partial charge in [0.25, 0.3) is 5.56 Å². The molecule has 178 valence electrons. The van der Waals surface area contributed by atoms with E-state index >= 15 is 0 Å². The molecular weight excluding hydrogens is 462 g/mol. The molecule has 0 unspecified atom stereocenters. The van der Waals surface area contributed by atoms with Gasteiger partial charge in [0.1, 0.15) is 0 Å². The lowest BCUT2D eigenvalue weighted by atomic mass is 10.1. The van der Waals surface area contributed by atoms with Crippen LogP contribution in [0.1, 0.15) is 28.4 Å². The highest BCUT2D eigenvalue weighted by atomic mass is 32.2. The molecule has 0 bridgehead atoms. The van der Waals surface area contributed by atoms with Gasteiger partial charge in [-0.15, -0.1) is 0 Å². The van der Waals surface area contributed by atoms with Gasteiger partial charge in [-0.25, -0.2) is 9.78 Å². The molecule has 8 heteroatoms. The minimum Gasteiger partial charge on any atom is -0.465 e. The summed E-state index contributed by atoms with van der Waals surface area (Å²) in [6.45, 7) is 4.00. The molecule has 1 N–H and O–H groups in total. The van der Waals surface area contributed by atoms with Crippen molar-refractivity contribution >= 4 is 40.2 Å². The molecule has 3 aromatic carbocycles. The Morgan fingerprint density at radius 1 is 1.06 bits per heavy atom. The highest BCUT2D eigenvalue weighted by molar-refractivity contribution is 7.99. The van der Waals surface area contributed by atoms with Crippen molar-refractivity contribution < 1.29 is 14.3 Å². The van der Waals surface area contributed by atoms with Gasteiger partial charge in [-0.2, -0.15) is 0 Å². The van der Waals surface area contributed by atoms with Crippen LogP contribution < -0.4 is 10.9 Å². The highest BCUT2D eigenvalue weighted by Gasteiger charge is 2.17. The Balaban J connectivity index is 1.71. The number of ether oxygens (including phenoxy) is 1. The zero-order valence-electron chi connectivity index (χ0n) is 19.7. The molecule has 0 saturated carbocycles. The molecule has 1 amide bonds. The van der Waals surface area contributed by atoms with Gasteiger partial charge in [0.15, 0.2) is 5.16 Å². The molecule has 0 atom stereocenters. The Labute approximate surface area is 207 Å². The summed E-state index contributed by atoms with van der Waals surface area (Å²) in [7, 11) is 1.30. The number of hydrogen-bond donors (Lipinski definition) is 1. The summed E-state index contributed by atoms with van der Waals surface area (Å²) in [6.07, 6.45) is 0.798. The van der Waals surface area contributed by atoms with Crippen LogP contribution in [0.15, 0.2) is 76.7 Å². The fraction of sp³-hybridized carbons (Fsp3) is 0.185. The third kappa shape index (κ3) is 5.12. The number of carbonyl (C=O) groups is 2. The number of aryl methyl sites for hydroxylation is 2. The topological polar surface area (TPSA) is 90.3 Å². The zero-order chi connectivity index (χ0) is 24.9. The van der Waals surface area contributed by atoms with Crippen LogP contribution >= 0.6 is 11.8 Å². The van der Waals surface area contributed by atoms with Crippen LogP contribution in [-0.4, -0.2) is 34.3 Å². The number of thioether (sulfide) groups is 1. The second kappa shape index (κ2) is 10.6. The number of benzene rings is 3. The predicted octanol–water partition coefficient (Wildman–Crippen LogP) is 4.77. The molecule has 0 fully saturated rings. The summed E-state index contributed by atoms with van der Waals surface area (Å²) in [5.41, 5.74) is 3.87. The highest BCUT2D eigenvalue weighted by Crippen LogP contribution is 2.24. The van der Waals surface area contributed by atoms with Crippen LogP contribution in [0, 0.1) is 6.92 Å². The quantitative estimate of drug-likeness (QED) is 0.229. The van der Waals surface area contributed by atoms with E-state index in [4.69, 9.17) is 4.74 Å². The van der Waals surface area contributed by atoms with Gasteiger partial charge in [0, 0.05) is 5.69 Å². The number of aromatic nitrogens is 2. The Kier molecular flexibility index (Phi) is 7.31. The summed E-state index contributed by atoms with van der Waals surface area (Å²) in [5.74, 6) is -0.658. The standard InChI is InChI=1S/C27H25N3O4S/c1-4-18-10-8-9-17(2)24(18)29-23(31)16-35-27-28-22-15-19(26(33)34-3)13-14-21(22)25(32)30(27)20-11-6-5-7-12-20/h5-15H,4,16H2,1-3H3,(H,29,31). The van der Waals surface area contributed by atoms with E-state index in [-0.39, 0.29) is 17.2 Å². The minimum atomic E-state index is -0.514. The number of esters is 1.